The Labute approximate surface area is 90.4 Å². The Bertz CT molecular complexity index is 504. The highest BCUT2D eigenvalue weighted by atomic mass is 35.5. The van der Waals surface area contributed by atoms with E-state index in [2.05, 4.69) is 5.16 Å². The number of nitrogens with zero attached hydrogens (tertiary/aromatic N) is 1. The maximum absolute atomic E-state index is 8.67. The van der Waals surface area contributed by atoms with Crippen molar-refractivity contribution in [3.63, 3.8) is 0 Å². The van der Waals surface area contributed by atoms with Gasteiger partial charge in [-0.2, -0.15) is 0 Å². The minimum atomic E-state index is 0.552. The molecule has 0 bridgehead atoms. The van der Waals surface area contributed by atoms with E-state index in [-0.39, 0.29) is 0 Å². The van der Waals surface area contributed by atoms with E-state index in [9.17, 15) is 0 Å². The van der Waals surface area contributed by atoms with Gasteiger partial charge < -0.3 is 5.21 Å². The van der Waals surface area contributed by atoms with Crippen LogP contribution in [0.2, 0.25) is 5.02 Å². The van der Waals surface area contributed by atoms with Crippen LogP contribution in [0.5, 0.6) is 0 Å². The number of oxime groups is 1. The molecule has 2 nitrogen and oxygen atoms in total. The van der Waals surface area contributed by atoms with Crippen molar-refractivity contribution in [3.05, 3.63) is 34.2 Å². The van der Waals surface area contributed by atoms with Crippen LogP contribution in [0, 0.1) is 0 Å². The van der Waals surface area contributed by atoms with Gasteiger partial charge in [0.1, 0.15) is 0 Å². The molecular formula is C10H8ClNOS. The number of benzene rings is 1. The van der Waals surface area contributed by atoms with Crippen molar-refractivity contribution in [1.29, 1.82) is 0 Å². The first-order chi connectivity index (χ1) is 6.74. The molecule has 14 heavy (non-hydrogen) atoms. The third-order valence-electron chi connectivity index (χ3n) is 2.01. The second-order valence-electron chi connectivity index (χ2n) is 2.93. The molecule has 2 rings (SSSR count). The highest BCUT2D eigenvalue weighted by Crippen LogP contribution is 2.35. The second-order valence-corrected chi connectivity index (χ2v) is 4.36. The Morgan fingerprint density at radius 2 is 2.14 bits per heavy atom. The van der Waals surface area contributed by atoms with Crippen LogP contribution in [0.15, 0.2) is 29.4 Å². The summed E-state index contributed by atoms with van der Waals surface area (Å²) in [7, 11) is 0. The molecule has 0 unspecified atom stereocenters. The molecule has 0 atom stereocenters. The molecule has 1 N–H and O–H groups in total. The molecule has 0 saturated carbocycles. The second kappa shape index (κ2) is 3.59. The zero-order valence-electron chi connectivity index (χ0n) is 7.49. The smallest absolute Gasteiger partial charge is 0.0951 e. The lowest BCUT2D eigenvalue weighted by atomic mass is 10.2. The van der Waals surface area contributed by atoms with E-state index in [1.54, 1.807) is 6.92 Å². The normalized spacial score (nSPS) is 12.3. The van der Waals surface area contributed by atoms with Crippen molar-refractivity contribution in [3.8, 4) is 0 Å². The van der Waals surface area contributed by atoms with Crippen LogP contribution >= 0.6 is 22.9 Å². The first-order valence-corrected chi connectivity index (χ1v) is 5.29. The Kier molecular flexibility index (Phi) is 2.44. The number of thiophene rings is 1. The molecule has 72 valence electrons. The lowest BCUT2D eigenvalue weighted by Crippen LogP contribution is -1.89. The van der Waals surface area contributed by atoms with E-state index in [0.29, 0.717) is 10.7 Å². The van der Waals surface area contributed by atoms with Gasteiger partial charge in [0.05, 0.1) is 15.6 Å². The molecule has 0 spiro atoms. The van der Waals surface area contributed by atoms with Crippen LogP contribution in [0.1, 0.15) is 11.8 Å². The van der Waals surface area contributed by atoms with Gasteiger partial charge in [-0.3, -0.25) is 0 Å². The van der Waals surface area contributed by atoms with Crippen molar-refractivity contribution in [1.82, 2.24) is 0 Å². The van der Waals surface area contributed by atoms with E-state index in [4.69, 9.17) is 16.8 Å². The lowest BCUT2D eigenvalue weighted by molar-refractivity contribution is 0.319. The Morgan fingerprint density at radius 3 is 2.79 bits per heavy atom. The molecule has 0 aliphatic heterocycles. The molecule has 0 amide bonds. The van der Waals surface area contributed by atoms with Gasteiger partial charge in [-0.05, 0) is 13.0 Å². The SMILES string of the molecule is C/C(=N\O)c1sc2ccccc2c1Cl. The minimum Gasteiger partial charge on any atom is -0.411 e. The molecular weight excluding hydrogens is 218 g/mol. The topological polar surface area (TPSA) is 32.6 Å². The number of hydrogen-bond acceptors (Lipinski definition) is 3. The number of rotatable bonds is 1. The third kappa shape index (κ3) is 1.38. The average Bonchev–Trinajstić information content (AvgIpc) is 2.56. The van der Waals surface area contributed by atoms with Gasteiger partial charge in [0.2, 0.25) is 0 Å². The lowest BCUT2D eigenvalue weighted by Gasteiger charge is -1.92. The molecule has 4 heteroatoms. The van der Waals surface area contributed by atoms with E-state index in [0.717, 1.165) is 15.0 Å². The van der Waals surface area contributed by atoms with Crippen molar-refractivity contribution < 1.29 is 5.21 Å². The quantitative estimate of drug-likeness (QED) is 0.448. The van der Waals surface area contributed by atoms with Crippen LogP contribution in [0.4, 0.5) is 0 Å². The summed E-state index contributed by atoms with van der Waals surface area (Å²) in [4.78, 5) is 0.829. The zero-order valence-corrected chi connectivity index (χ0v) is 9.06. The summed E-state index contributed by atoms with van der Waals surface area (Å²) < 4.78 is 1.11. The monoisotopic (exact) mass is 225 g/mol. The first kappa shape index (κ1) is 9.49. The molecule has 1 heterocycles. The Balaban J connectivity index is 2.75. The summed E-state index contributed by atoms with van der Waals surface area (Å²) >= 11 is 7.68. The first-order valence-electron chi connectivity index (χ1n) is 4.10. The van der Waals surface area contributed by atoms with Gasteiger partial charge in [-0.1, -0.05) is 35.0 Å². The fraction of sp³-hybridized carbons (Fsp3) is 0.100. The molecule has 1 aromatic carbocycles. The van der Waals surface area contributed by atoms with Crippen molar-refractivity contribution >= 4 is 38.7 Å². The van der Waals surface area contributed by atoms with Gasteiger partial charge in [-0.25, -0.2) is 0 Å². The maximum Gasteiger partial charge on any atom is 0.0951 e. The molecule has 0 aliphatic rings. The molecule has 0 aliphatic carbocycles. The molecule has 2 aromatic rings. The highest BCUT2D eigenvalue weighted by molar-refractivity contribution is 7.21. The van der Waals surface area contributed by atoms with Gasteiger partial charge in [0.15, 0.2) is 0 Å². The minimum absolute atomic E-state index is 0.552. The average molecular weight is 226 g/mol. The molecule has 1 aromatic heterocycles. The summed E-state index contributed by atoms with van der Waals surface area (Å²) in [6.45, 7) is 1.73. The summed E-state index contributed by atoms with van der Waals surface area (Å²) in [5, 5.41) is 13.5. The summed E-state index contributed by atoms with van der Waals surface area (Å²) in [6.07, 6.45) is 0. The largest absolute Gasteiger partial charge is 0.411 e. The van der Waals surface area contributed by atoms with Crippen molar-refractivity contribution in [2.24, 2.45) is 5.16 Å². The predicted molar refractivity (Wildman–Crippen MR) is 60.8 cm³/mol. The van der Waals surface area contributed by atoms with Crippen LogP contribution < -0.4 is 0 Å². The third-order valence-corrected chi connectivity index (χ3v) is 3.80. The fourth-order valence-electron chi connectivity index (χ4n) is 1.29. The van der Waals surface area contributed by atoms with E-state index < -0.39 is 0 Å². The van der Waals surface area contributed by atoms with Gasteiger partial charge in [-0.15, -0.1) is 11.3 Å². The van der Waals surface area contributed by atoms with E-state index in [1.165, 1.54) is 11.3 Å². The number of halogens is 1. The molecule has 0 fully saturated rings. The predicted octanol–water partition coefficient (Wildman–Crippen LogP) is 3.75. The van der Waals surface area contributed by atoms with Crippen LogP contribution in [0.25, 0.3) is 10.1 Å². The zero-order chi connectivity index (χ0) is 10.1. The maximum atomic E-state index is 8.67. The van der Waals surface area contributed by atoms with E-state index >= 15 is 0 Å². The summed E-state index contributed by atoms with van der Waals surface area (Å²) in [6, 6.07) is 7.86. The van der Waals surface area contributed by atoms with Gasteiger partial charge in [0, 0.05) is 10.1 Å². The van der Waals surface area contributed by atoms with Gasteiger partial charge >= 0.3 is 0 Å². The fourth-order valence-corrected chi connectivity index (χ4v) is 2.80. The van der Waals surface area contributed by atoms with Crippen molar-refractivity contribution in [2.45, 2.75) is 6.92 Å². The van der Waals surface area contributed by atoms with Crippen molar-refractivity contribution in [2.75, 3.05) is 0 Å². The Morgan fingerprint density at radius 1 is 1.43 bits per heavy atom. The van der Waals surface area contributed by atoms with Gasteiger partial charge in [0.25, 0.3) is 0 Å². The molecule has 0 saturated heterocycles. The standard InChI is InChI=1S/C10H8ClNOS/c1-6(12-13)10-9(11)7-4-2-3-5-8(7)14-10/h2-5,13H,1H3/b12-6+. The Hall–Kier alpha value is -1.06. The number of hydrogen-bond donors (Lipinski definition) is 1. The van der Waals surface area contributed by atoms with Crippen LogP contribution in [-0.2, 0) is 0 Å². The van der Waals surface area contributed by atoms with Crippen LogP contribution in [0.3, 0.4) is 0 Å². The molecule has 0 radical (unpaired) electrons. The van der Waals surface area contributed by atoms with E-state index in [1.807, 2.05) is 24.3 Å². The summed E-state index contributed by atoms with van der Waals surface area (Å²) in [5.74, 6) is 0. The number of fused-ring (bicyclic) bond motifs is 1. The highest BCUT2D eigenvalue weighted by Gasteiger charge is 2.11. The summed E-state index contributed by atoms with van der Waals surface area (Å²) in [5.41, 5.74) is 0.552. The van der Waals surface area contributed by atoms with Crippen LogP contribution in [-0.4, -0.2) is 10.9 Å².